The molecule has 0 saturated carbocycles. The Morgan fingerprint density at radius 1 is 1.22 bits per heavy atom. The number of fused-ring (bicyclic) bond motifs is 1. The molecule has 0 fully saturated rings. The van der Waals surface area contributed by atoms with Crippen molar-refractivity contribution in [3.63, 3.8) is 0 Å². The summed E-state index contributed by atoms with van der Waals surface area (Å²) in [5.74, 6) is 0. The average molecular weight is 240 g/mol. The number of nitrogens with one attached hydrogen (secondary N) is 1. The van der Waals surface area contributed by atoms with E-state index in [9.17, 15) is 4.79 Å². The van der Waals surface area contributed by atoms with Crippen LogP contribution >= 0.6 is 0 Å². The first-order valence-electron chi connectivity index (χ1n) is 5.80. The molecule has 0 unspecified atom stereocenters. The predicted molar refractivity (Wildman–Crippen MR) is 68.9 cm³/mol. The average Bonchev–Trinajstić information content (AvgIpc) is 2.89. The van der Waals surface area contributed by atoms with Gasteiger partial charge in [-0.05, 0) is 24.1 Å². The van der Waals surface area contributed by atoms with Gasteiger partial charge in [-0.3, -0.25) is 9.89 Å². The lowest BCUT2D eigenvalue weighted by Crippen LogP contribution is -2.20. The molecular formula is C13H12N4O. The van der Waals surface area contributed by atoms with Crippen LogP contribution in [0.5, 0.6) is 0 Å². The van der Waals surface area contributed by atoms with Gasteiger partial charge in [0.2, 0.25) is 0 Å². The van der Waals surface area contributed by atoms with E-state index in [1.807, 2.05) is 24.3 Å². The first-order valence-corrected chi connectivity index (χ1v) is 5.80. The smallest absolute Gasteiger partial charge is 0.272 e. The molecule has 5 nitrogen and oxygen atoms in total. The highest BCUT2D eigenvalue weighted by molar-refractivity contribution is 5.75. The second-order valence-corrected chi connectivity index (χ2v) is 4.08. The molecule has 1 N–H and O–H groups in total. The number of benzene rings is 1. The predicted octanol–water partition coefficient (Wildman–Crippen LogP) is 1.67. The third-order valence-electron chi connectivity index (χ3n) is 2.98. The first-order chi connectivity index (χ1) is 8.79. The molecule has 18 heavy (non-hydrogen) atoms. The van der Waals surface area contributed by atoms with Gasteiger partial charge in [0.15, 0.2) is 0 Å². The van der Waals surface area contributed by atoms with Crippen molar-refractivity contribution in [3.8, 4) is 5.69 Å². The molecule has 0 saturated heterocycles. The van der Waals surface area contributed by atoms with Gasteiger partial charge in [-0.2, -0.15) is 14.9 Å². The van der Waals surface area contributed by atoms with Crippen LogP contribution in [0.3, 0.4) is 0 Å². The van der Waals surface area contributed by atoms with Crippen molar-refractivity contribution in [2.75, 3.05) is 0 Å². The summed E-state index contributed by atoms with van der Waals surface area (Å²) in [7, 11) is 0. The van der Waals surface area contributed by atoms with Crippen LogP contribution < -0.4 is 5.56 Å². The fourth-order valence-corrected chi connectivity index (χ4v) is 1.90. The lowest BCUT2D eigenvalue weighted by atomic mass is 10.1. The molecule has 90 valence electrons. The number of hydrogen-bond acceptors (Lipinski definition) is 3. The summed E-state index contributed by atoms with van der Waals surface area (Å²) >= 11 is 0. The van der Waals surface area contributed by atoms with Gasteiger partial charge in [-0.1, -0.05) is 19.1 Å². The molecule has 0 amide bonds. The number of H-pyrrole nitrogens is 1. The second kappa shape index (κ2) is 4.10. The summed E-state index contributed by atoms with van der Waals surface area (Å²) in [5, 5.41) is 11.4. The van der Waals surface area contributed by atoms with Crippen molar-refractivity contribution in [2.45, 2.75) is 13.3 Å². The standard InChI is InChI=1S/C13H12N4O/c1-2-9-3-5-11(6-4-9)17-13(18)12-10(8-15-17)7-14-16-12/h3-8H,2H2,1H3,(H,14,16). The zero-order chi connectivity index (χ0) is 12.5. The molecule has 0 aliphatic carbocycles. The van der Waals surface area contributed by atoms with E-state index in [0.29, 0.717) is 5.52 Å². The highest BCUT2D eigenvalue weighted by Gasteiger charge is 2.07. The van der Waals surface area contributed by atoms with Crippen LogP contribution in [0.4, 0.5) is 0 Å². The number of aromatic nitrogens is 4. The number of hydrogen-bond donors (Lipinski definition) is 1. The van der Waals surface area contributed by atoms with Crippen molar-refractivity contribution >= 4 is 10.9 Å². The molecule has 2 aromatic heterocycles. The third kappa shape index (κ3) is 1.60. The third-order valence-corrected chi connectivity index (χ3v) is 2.98. The van der Waals surface area contributed by atoms with Gasteiger partial charge in [0.05, 0.1) is 18.1 Å². The highest BCUT2D eigenvalue weighted by atomic mass is 16.1. The van der Waals surface area contributed by atoms with E-state index < -0.39 is 0 Å². The molecule has 0 radical (unpaired) electrons. The van der Waals surface area contributed by atoms with Gasteiger partial charge in [-0.25, -0.2) is 0 Å². The molecule has 2 heterocycles. The fraction of sp³-hybridized carbons (Fsp3) is 0.154. The Morgan fingerprint density at radius 2 is 2.00 bits per heavy atom. The van der Waals surface area contributed by atoms with Crippen LogP contribution in [0.15, 0.2) is 41.5 Å². The Bertz CT molecular complexity index is 740. The molecule has 0 aliphatic rings. The number of rotatable bonds is 2. The Balaban J connectivity index is 2.18. The van der Waals surface area contributed by atoms with Crippen LogP contribution in [-0.4, -0.2) is 20.0 Å². The van der Waals surface area contributed by atoms with Crippen LogP contribution in [-0.2, 0) is 6.42 Å². The van der Waals surface area contributed by atoms with Crippen LogP contribution in [0.1, 0.15) is 12.5 Å². The van der Waals surface area contributed by atoms with E-state index in [4.69, 9.17) is 0 Å². The van der Waals surface area contributed by atoms with Crippen molar-refractivity contribution in [2.24, 2.45) is 0 Å². The van der Waals surface area contributed by atoms with Crippen LogP contribution in [0.25, 0.3) is 16.6 Å². The summed E-state index contributed by atoms with van der Waals surface area (Å²) in [4.78, 5) is 12.2. The van der Waals surface area contributed by atoms with Crippen molar-refractivity contribution in [1.82, 2.24) is 20.0 Å². The minimum atomic E-state index is -0.186. The van der Waals surface area contributed by atoms with Crippen molar-refractivity contribution < 1.29 is 0 Å². The number of aromatic amines is 1. The molecule has 5 heteroatoms. The summed E-state index contributed by atoms with van der Waals surface area (Å²) in [6.45, 7) is 2.09. The fourth-order valence-electron chi connectivity index (χ4n) is 1.90. The largest absolute Gasteiger partial charge is 0.297 e. The van der Waals surface area contributed by atoms with E-state index in [2.05, 4.69) is 22.2 Å². The summed E-state index contributed by atoms with van der Waals surface area (Å²) in [6, 6.07) is 7.80. The molecule has 3 aromatic rings. The number of nitrogens with zero attached hydrogens (tertiary/aromatic N) is 3. The number of aryl methyl sites for hydroxylation is 1. The minimum Gasteiger partial charge on any atom is -0.272 e. The highest BCUT2D eigenvalue weighted by Crippen LogP contribution is 2.09. The monoisotopic (exact) mass is 240 g/mol. The lowest BCUT2D eigenvalue weighted by Gasteiger charge is -2.04. The summed E-state index contributed by atoms with van der Waals surface area (Å²) in [6.07, 6.45) is 4.20. The Hall–Kier alpha value is -2.43. The summed E-state index contributed by atoms with van der Waals surface area (Å²) < 4.78 is 1.37. The molecular weight excluding hydrogens is 228 g/mol. The molecule has 1 aromatic carbocycles. The van der Waals surface area contributed by atoms with E-state index >= 15 is 0 Å². The first kappa shape index (κ1) is 10.7. The van der Waals surface area contributed by atoms with E-state index in [1.54, 1.807) is 12.4 Å². The normalized spacial score (nSPS) is 10.9. The quantitative estimate of drug-likeness (QED) is 0.741. The maximum atomic E-state index is 12.2. The topological polar surface area (TPSA) is 63.6 Å². The Labute approximate surface area is 103 Å². The minimum absolute atomic E-state index is 0.186. The molecule has 0 bridgehead atoms. The Morgan fingerprint density at radius 3 is 2.72 bits per heavy atom. The van der Waals surface area contributed by atoms with Gasteiger partial charge in [0.1, 0.15) is 5.52 Å². The van der Waals surface area contributed by atoms with Crippen molar-refractivity contribution in [3.05, 3.63) is 52.6 Å². The maximum Gasteiger partial charge on any atom is 0.297 e. The summed E-state index contributed by atoms with van der Waals surface area (Å²) in [5.41, 5.74) is 2.28. The molecule has 0 spiro atoms. The second-order valence-electron chi connectivity index (χ2n) is 4.08. The molecule has 3 rings (SSSR count). The van der Waals surface area contributed by atoms with E-state index in [0.717, 1.165) is 17.5 Å². The maximum absolute atomic E-state index is 12.2. The zero-order valence-electron chi connectivity index (χ0n) is 9.92. The zero-order valence-corrected chi connectivity index (χ0v) is 9.92. The Kier molecular flexibility index (Phi) is 2.44. The van der Waals surface area contributed by atoms with Gasteiger partial charge in [0, 0.05) is 5.39 Å². The van der Waals surface area contributed by atoms with Gasteiger partial charge in [0.25, 0.3) is 5.56 Å². The van der Waals surface area contributed by atoms with Gasteiger partial charge in [-0.15, -0.1) is 0 Å². The van der Waals surface area contributed by atoms with Gasteiger partial charge >= 0.3 is 0 Å². The van der Waals surface area contributed by atoms with Crippen LogP contribution in [0.2, 0.25) is 0 Å². The molecule has 0 atom stereocenters. The van der Waals surface area contributed by atoms with Crippen LogP contribution in [0, 0.1) is 0 Å². The molecule has 0 aliphatic heterocycles. The van der Waals surface area contributed by atoms with Gasteiger partial charge < -0.3 is 0 Å². The lowest BCUT2D eigenvalue weighted by molar-refractivity contribution is 0.817. The van der Waals surface area contributed by atoms with Crippen molar-refractivity contribution in [1.29, 1.82) is 0 Å². The SMILES string of the molecule is CCc1ccc(-n2ncc3cn[nH]c3c2=O)cc1. The van der Waals surface area contributed by atoms with E-state index in [1.165, 1.54) is 10.2 Å². The van der Waals surface area contributed by atoms with E-state index in [-0.39, 0.29) is 5.56 Å².